The second-order valence-corrected chi connectivity index (χ2v) is 9.55. The van der Waals surface area contributed by atoms with Gasteiger partial charge in [-0.2, -0.15) is 4.72 Å². The summed E-state index contributed by atoms with van der Waals surface area (Å²) in [6, 6.07) is 12.3. The molecule has 0 saturated heterocycles. The minimum absolute atomic E-state index is 0.0674. The molecule has 2 N–H and O–H groups in total. The zero-order valence-electron chi connectivity index (χ0n) is 17.1. The Morgan fingerprint density at radius 3 is 2.35 bits per heavy atom. The minimum atomic E-state index is -4.03. The molecule has 0 saturated carbocycles. The second kappa shape index (κ2) is 11.5. The molecule has 0 aromatic heterocycles. The van der Waals surface area contributed by atoms with Crippen molar-refractivity contribution in [1.29, 1.82) is 0 Å². The van der Waals surface area contributed by atoms with E-state index in [4.69, 9.17) is 27.9 Å². The van der Waals surface area contributed by atoms with E-state index < -0.39 is 34.5 Å². The molecule has 0 aliphatic heterocycles. The minimum Gasteiger partial charge on any atom is -0.454 e. The van der Waals surface area contributed by atoms with Crippen molar-refractivity contribution in [1.82, 2.24) is 10.0 Å². The Labute approximate surface area is 192 Å². The molecule has 2 aromatic rings. The van der Waals surface area contributed by atoms with Crippen molar-refractivity contribution in [3.05, 3.63) is 64.1 Å². The predicted molar refractivity (Wildman–Crippen MR) is 120 cm³/mol. The number of nitrogens with one attached hydrogen (secondary N) is 2. The van der Waals surface area contributed by atoms with Gasteiger partial charge in [-0.05, 0) is 50.5 Å². The SMILES string of the molecule is CC(CCc1ccccc1)NC(=O)COC(=O)[C@H](C)NS(=O)(=O)c1ccc(Cl)c(Cl)c1. The number of esters is 1. The molecule has 0 spiro atoms. The fourth-order valence-electron chi connectivity index (χ4n) is 2.67. The molecule has 2 aromatic carbocycles. The average Bonchev–Trinajstić information content (AvgIpc) is 2.72. The summed E-state index contributed by atoms with van der Waals surface area (Å²) in [5.74, 6) is -1.34. The number of benzene rings is 2. The number of halogens is 2. The summed E-state index contributed by atoms with van der Waals surface area (Å²) in [5, 5.41) is 3.02. The van der Waals surface area contributed by atoms with E-state index in [1.54, 1.807) is 0 Å². The molecule has 1 amide bonds. The number of aryl methyl sites for hydroxylation is 1. The summed E-state index contributed by atoms with van der Waals surface area (Å²) in [6.45, 7) is 2.67. The van der Waals surface area contributed by atoms with Gasteiger partial charge in [0.05, 0.1) is 14.9 Å². The zero-order valence-corrected chi connectivity index (χ0v) is 19.4. The number of sulfonamides is 1. The molecule has 7 nitrogen and oxygen atoms in total. The third-order valence-electron chi connectivity index (χ3n) is 4.35. The van der Waals surface area contributed by atoms with Crippen LogP contribution in [0.4, 0.5) is 0 Å². The first kappa shape index (κ1) is 25.1. The number of ether oxygens (including phenoxy) is 1. The van der Waals surface area contributed by atoms with Crippen LogP contribution in [0.25, 0.3) is 0 Å². The fourth-order valence-corrected chi connectivity index (χ4v) is 4.25. The first-order valence-corrected chi connectivity index (χ1v) is 11.8. The largest absolute Gasteiger partial charge is 0.454 e. The van der Waals surface area contributed by atoms with Crippen LogP contribution in [-0.4, -0.2) is 39.0 Å². The van der Waals surface area contributed by atoms with Crippen LogP contribution in [0.3, 0.4) is 0 Å². The van der Waals surface area contributed by atoms with E-state index >= 15 is 0 Å². The van der Waals surface area contributed by atoms with Gasteiger partial charge >= 0.3 is 5.97 Å². The Kier molecular flexibility index (Phi) is 9.31. The highest BCUT2D eigenvalue weighted by Gasteiger charge is 2.24. The van der Waals surface area contributed by atoms with Gasteiger partial charge in [0.2, 0.25) is 10.0 Å². The summed E-state index contributed by atoms with van der Waals surface area (Å²) in [4.78, 5) is 24.0. The van der Waals surface area contributed by atoms with Crippen molar-refractivity contribution in [2.75, 3.05) is 6.61 Å². The summed E-state index contributed by atoms with van der Waals surface area (Å²) in [7, 11) is -4.03. The van der Waals surface area contributed by atoms with Crippen molar-refractivity contribution >= 4 is 45.1 Å². The predicted octanol–water partition coefficient (Wildman–Crippen LogP) is 3.34. The highest BCUT2D eigenvalue weighted by Crippen LogP contribution is 2.24. The third-order valence-corrected chi connectivity index (χ3v) is 6.63. The lowest BCUT2D eigenvalue weighted by molar-refractivity contribution is -0.149. The van der Waals surface area contributed by atoms with E-state index in [1.807, 2.05) is 37.3 Å². The summed E-state index contributed by atoms with van der Waals surface area (Å²) in [5.41, 5.74) is 1.16. The molecule has 1 unspecified atom stereocenters. The Hall–Kier alpha value is -2.13. The maximum Gasteiger partial charge on any atom is 0.324 e. The molecular weight excluding hydrogens is 463 g/mol. The molecular formula is C21H24Cl2N2O5S. The van der Waals surface area contributed by atoms with Crippen LogP contribution >= 0.6 is 23.2 Å². The second-order valence-electron chi connectivity index (χ2n) is 7.02. The normalized spacial score (nSPS) is 13.3. The topological polar surface area (TPSA) is 102 Å². The summed E-state index contributed by atoms with van der Waals surface area (Å²) < 4.78 is 31.9. The molecule has 31 heavy (non-hydrogen) atoms. The Bertz CT molecular complexity index is 1020. The first-order valence-electron chi connectivity index (χ1n) is 9.56. The van der Waals surface area contributed by atoms with E-state index in [1.165, 1.54) is 25.1 Å². The highest BCUT2D eigenvalue weighted by molar-refractivity contribution is 7.89. The first-order chi connectivity index (χ1) is 14.6. The molecule has 0 heterocycles. The number of carbonyl (C=O) groups is 2. The smallest absolute Gasteiger partial charge is 0.324 e. The molecule has 10 heteroatoms. The lowest BCUT2D eigenvalue weighted by atomic mass is 10.1. The van der Waals surface area contributed by atoms with E-state index in [0.29, 0.717) is 0 Å². The molecule has 168 valence electrons. The number of carbonyl (C=O) groups excluding carboxylic acids is 2. The molecule has 0 radical (unpaired) electrons. The van der Waals surface area contributed by atoms with Gasteiger partial charge in [-0.15, -0.1) is 0 Å². The standard InChI is InChI=1S/C21H24Cl2N2O5S/c1-14(8-9-16-6-4-3-5-7-16)24-20(26)13-30-21(27)15(2)25-31(28,29)17-10-11-18(22)19(23)12-17/h3-7,10-12,14-15,25H,8-9,13H2,1-2H3,(H,24,26)/t14?,15-/m0/s1. The molecule has 2 rings (SSSR count). The molecule has 2 atom stereocenters. The van der Waals surface area contributed by atoms with Gasteiger partial charge in [-0.3, -0.25) is 9.59 Å². The number of hydrogen-bond donors (Lipinski definition) is 2. The Morgan fingerprint density at radius 1 is 1.03 bits per heavy atom. The van der Waals surface area contributed by atoms with Crippen molar-refractivity contribution in [3.8, 4) is 0 Å². The third kappa shape index (κ3) is 8.14. The molecule has 0 aliphatic rings. The number of amides is 1. The van der Waals surface area contributed by atoms with Crippen LogP contribution in [0.15, 0.2) is 53.4 Å². The average molecular weight is 487 g/mol. The zero-order chi connectivity index (χ0) is 23.0. The van der Waals surface area contributed by atoms with Crippen LogP contribution in [0.1, 0.15) is 25.8 Å². The van der Waals surface area contributed by atoms with Crippen LogP contribution in [-0.2, 0) is 30.8 Å². The van der Waals surface area contributed by atoms with Crippen molar-refractivity contribution in [2.45, 2.75) is 43.7 Å². The maximum atomic E-state index is 12.4. The van der Waals surface area contributed by atoms with Crippen LogP contribution in [0.2, 0.25) is 10.0 Å². The van der Waals surface area contributed by atoms with Crippen molar-refractivity contribution in [3.63, 3.8) is 0 Å². The van der Waals surface area contributed by atoms with E-state index in [9.17, 15) is 18.0 Å². The van der Waals surface area contributed by atoms with Crippen molar-refractivity contribution in [2.24, 2.45) is 0 Å². The highest BCUT2D eigenvalue weighted by atomic mass is 35.5. The van der Waals surface area contributed by atoms with Crippen LogP contribution < -0.4 is 10.0 Å². The summed E-state index contributed by atoms with van der Waals surface area (Å²) in [6.07, 6.45) is 1.53. The molecule has 0 fully saturated rings. The van der Waals surface area contributed by atoms with Gasteiger partial charge in [-0.1, -0.05) is 53.5 Å². The van der Waals surface area contributed by atoms with Gasteiger partial charge in [-0.25, -0.2) is 8.42 Å². The maximum absolute atomic E-state index is 12.4. The van der Waals surface area contributed by atoms with Gasteiger partial charge in [0.25, 0.3) is 5.91 Å². The van der Waals surface area contributed by atoms with Crippen LogP contribution in [0, 0.1) is 0 Å². The lowest BCUT2D eigenvalue weighted by Gasteiger charge is -2.16. The number of hydrogen-bond acceptors (Lipinski definition) is 5. The molecule has 0 aliphatic carbocycles. The van der Waals surface area contributed by atoms with E-state index in [2.05, 4.69) is 10.0 Å². The number of rotatable bonds is 10. The Balaban J connectivity index is 1.78. The van der Waals surface area contributed by atoms with Gasteiger partial charge < -0.3 is 10.1 Å². The molecule has 0 bridgehead atoms. The fraction of sp³-hybridized carbons (Fsp3) is 0.333. The lowest BCUT2D eigenvalue weighted by Crippen LogP contribution is -2.41. The van der Waals surface area contributed by atoms with Gasteiger partial charge in [0, 0.05) is 6.04 Å². The quantitative estimate of drug-likeness (QED) is 0.501. The summed E-state index contributed by atoms with van der Waals surface area (Å²) >= 11 is 11.6. The van der Waals surface area contributed by atoms with Crippen molar-refractivity contribution < 1.29 is 22.7 Å². The monoisotopic (exact) mass is 486 g/mol. The van der Waals surface area contributed by atoms with Crippen LogP contribution in [0.5, 0.6) is 0 Å². The Morgan fingerprint density at radius 2 is 1.71 bits per heavy atom. The van der Waals surface area contributed by atoms with Gasteiger partial charge in [0.1, 0.15) is 6.04 Å². The van der Waals surface area contributed by atoms with Gasteiger partial charge in [0.15, 0.2) is 6.61 Å². The van der Waals surface area contributed by atoms with E-state index in [-0.39, 0.29) is 21.0 Å². The van der Waals surface area contributed by atoms with E-state index in [0.717, 1.165) is 18.4 Å².